The smallest absolute Gasteiger partial charge is 0.263 e. The summed E-state index contributed by atoms with van der Waals surface area (Å²) in [6, 6.07) is 7.57. The van der Waals surface area contributed by atoms with Crippen LogP contribution in [0.1, 0.15) is 31.3 Å². The Hall–Kier alpha value is -4.46. The normalized spacial score (nSPS) is 13.8. The number of aromatic nitrogens is 6. The van der Waals surface area contributed by atoms with Gasteiger partial charge in [-0.05, 0) is 24.1 Å². The predicted octanol–water partition coefficient (Wildman–Crippen LogP) is 2.77. The summed E-state index contributed by atoms with van der Waals surface area (Å²) in [6.07, 6.45) is 3.12. The van der Waals surface area contributed by atoms with Crippen LogP contribution in [0.4, 0.5) is 11.6 Å². The van der Waals surface area contributed by atoms with Crippen LogP contribution in [0, 0.1) is 17.2 Å². The van der Waals surface area contributed by atoms with Gasteiger partial charge in [-0.3, -0.25) is 9.48 Å². The molecule has 1 aliphatic rings. The molecule has 0 aromatic carbocycles. The van der Waals surface area contributed by atoms with Crippen molar-refractivity contribution in [2.24, 2.45) is 13.0 Å². The number of aryl methyl sites for hydroxylation is 1. The average molecular weight is 443 g/mol. The predicted molar refractivity (Wildman–Crippen MR) is 120 cm³/mol. The van der Waals surface area contributed by atoms with Crippen molar-refractivity contribution in [1.29, 1.82) is 5.26 Å². The highest BCUT2D eigenvalue weighted by molar-refractivity contribution is 5.94. The lowest BCUT2D eigenvalue weighted by atomic mass is 10.00. The Balaban J connectivity index is 1.52. The Morgan fingerprint density at radius 2 is 2.15 bits per heavy atom. The van der Waals surface area contributed by atoms with Crippen LogP contribution in [0.2, 0.25) is 0 Å². The molecule has 166 valence electrons. The molecule has 0 bridgehead atoms. The van der Waals surface area contributed by atoms with Crippen LogP contribution >= 0.6 is 0 Å². The first-order valence-corrected chi connectivity index (χ1v) is 10.4. The zero-order valence-corrected chi connectivity index (χ0v) is 18.2. The van der Waals surface area contributed by atoms with Gasteiger partial charge in [0, 0.05) is 7.05 Å². The third-order valence-electron chi connectivity index (χ3n) is 5.53. The van der Waals surface area contributed by atoms with E-state index in [1.165, 1.54) is 11.0 Å². The molecule has 11 heteroatoms. The van der Waals surface area contributed by atoms with Crippen LogP contribution in [0.25, 0.3) is 22.3 Å². The second-order valence-electron chi connectivity index (χ2n) is 8.10. The minimum absolute atomic E-state index is 0.0148. The van der Waals surface area contributed by atoms with Crippen LogP contribution in [0.15, 0.2) is 30.7 Å². The Bertz CT molecular complexity index is 1410. The minimum atomic E-state index is -0.231. The first-order chi connectivity index (χ1) is 15.9. The summed E-state index contributed by atoms with van der Waals surface area (Å²) >= 11 is 0. The van der Waals surface area contributed by atoms with E-state index < -0.39 is 0 Å². The quantitative estimate of drug-likeness (QED) is 0.427. The van der Waals surface area contributed by atoms with Gasteiger partial charge < -0.3 is 20.4 Å². The van der Waals surface area contributed by atoms with Gasteiger partial charge in [-0.25, -0.2) is 15.0 Å². The van der Waals surface area contributed by atoms with E-state index in [1.807, 2.05) is 18.2 Å². The van der Waals surface area contributed by atoms with Crippen molar-refractivity contribution >= 4 is 28.6 Å². The molecule has 0 fully saturated rings. The SMILES string of the molecule is CC(C)[C@H](Nc1ncnc2[nH]c(-c3cnn(C)c3C#N)cc12)c1ccc2c(n1)NC(=O)CO2. The van der Waals surface area contributed by atoms with Gasteiger partial charge in [0.05, 0.1) is 34.6 Å². The number of amides is 1. The summed E-state index contributed by atoms with van der Waals surface area (Å²) in [5.74, 6) is 1.51. The lowest BCUT2D eigenvalue weighted by molar-refractivity contribution is -0.118. The molecule has 0 aliphatic carbocycles. The van der Waals surface area contributed by atoms with E-state index in [0.29, 0.717) is 34.3 Å². The molecule has 0 spiro atoms. The molecular formula is C22H21N9O2. The number of aromatic amines is 1. The standard InChI is InChI=1S/C22H21N9O2/c1-11(2)19(14-4-5-17-22(27-14)29-18(32)9-33-17)30-21-12-6-15(28-20(12)24-10-25-21)13-8-26-31(3)16(13)7-23/h4-6,8,10-11,19H,9H2,1-3H3,(H,27,29,32)(H2,24,25,28,30)/t19-/m0/s1. The number of carbonyl (C=O) groups excluding carboxylic acids is 1. The number of nitrogens with zero attached hydrogens (tertiary/aromatic N) is 6. The van der Waals surface area contributed by atoms with Crippen molar-refractivity contribution in [3.63, 3.8) is 0 Å². The molecule has 4 aromatic heterocycles. The van der Waals surface area contributed by atoms with Crippen LogP contribution in [-0.2, 0) is 11.8 Å². The number of pyridine rings is 1. The number of H-pyrrole nitrogens is 1. The fourth-order valence-corrected chi connectivity index (χ4v) is 3.85. The Morgan fingerprint density at radius 3 is 2.94 bits per heavy atom. The van der Waals surface area contributed by atoms with E-state index in [2.05, 4.69) is 55.6 Å². The number of carbonyl (C=O) groups is 1. The molecule has 1 aliphatic heterocycles. The van der Waals surface area contributed by atoms with E-state index in [9.17, 15) is 10.1 Å². The van der Waals surface area contributed by atoms with Crippen LogP contribution in [0.3, 0.4) is 0 Å². The van der Waals surface area contributed by atoms with Crippen molar-refractivity contribution in [3.05, 3.63) is 42.1 Å². The number of rotatable bonds is 5. The highest BCUT2D eigenvalue weighted by Crippen LogP contribution is 2.34. The van der Waals surface area contributed by atoms with Crippen LogP contribution in [0.5, 0.6) is 5.75 Å². The summed E-state index contributed by atoms with van der Waals surface area (Å²) in [5, 5.41) is 20.7. The zero-order valence-electron chi connectivity index (χ0n) is 18.2. The van der Waals surface area contributed by atoms with E-state index in [4.69, 9.17) is 4.74 Å². The second-order valence-corrected chi connectivity index (χ2v) is 8.10. The maximum atomic E-state index is 11.7. The first kappa shape index (κ1) is 20.4. The maximum absolute atomic E-state index is 11.7. The topological polar surface area (TPSA) is 146 Å². The minimum Gasteiger partial charge on any atom is -0.480 e. The highest BCUT2D eigenvalue weighted by Gasteiger charge is 2.24. The zero-order chi connectivity index (χ0) is 23.1. The summed E-state index contributed by atoms with van der Waals surface area (Å²) < 4.78 is 6.96. The molecular weight excluding hydrogens is 422 g/mol. The van der Waals surface area contributed by atoms with Crippen molar-refractivity contribution in [3.8, 4) is 23.1 Å². The maximum Gasteiger partial charge on any atom is 0.263 e. The van der Waals surface area contributed by atoms with E-state index in [-0.39, 0.29) is 24.5 Å². The van der Waals surface area contributed by atoms with Gasteiger partial charge in [0.25, 0.3) is 5.91 Å². The fourth-order valence-electron chi connectivity index (χ4n) is 3.85. The number of hydrogen-bond donors (Lipinski definition) is 3. The van der Waals surface area contributed by atoms with Gasteiger partial charge in [-0.15, -0.1) is 0 Å². The summed E-state index contributed by atoms with van der Waals surface area (Å²) in [7, 11) is 1.73. The van der Waals surface area contributed by atoms with Crippen molar-refractivity contribution in [1.82, 2.24) is 29.7 Å². The van der Waals surface area contributed by atoms with Gasteiger partial charge in [-0.1, -0.05) is 13.8 Å². The van der Waals surface area contributed by atoms with Crippen LogP contribution < -0.4 is 15.4 Å². The third-order valence-corrected chi connectivity index (χ3v) is 5.53. The number of fused-ring (bicyclic) bond motifs is 2. The lowest BCUT2D eigenvalue weighted by Crippen LogP contribution is -2.27. The number of anilines is 2. The average Bonchev–Trinajstić information content (AvgIpc) is 3.40. The third kappa shape index (κ3) is 3.61. The Morgan fingerprint density at radius 1 is 1.30 bits per heavy atom. The number of hydrogen-bond acceptors (Lipinski definition) is 8. The summed E-state index contributed by atoms with van der Waals surface area (Å²) in [6.45, 7) is 4.13. The molecule has 33 heavy (non-hydrogen) atoms. The van der Waals surface area contributed by atoms with Crippen molar-refractivity contribution < 1.29 is 9.53 Å². The van der Waals surface area contributed by atoms with Crippen molar-refractivity contribution in [2.75, 3.05) is 17.2 Å². The van der Waals surface area contributed by atoms with Gasteiger partial charge in [-0.2, -0.15) is 10.4 Å². The number of nitriles is 1. The molecule has 3 N–H and O–H groups in total. The largest absolute Gasteiger partial charge is 0.480 e. The molecule has 11 nitrogen and oxygen atoms in total. The highest BCUT2D eigenvalue weighted by atomic mass is 16.5. The first-order valence-electron chi connectivity index (χ1n) is 10.4. The van der Waals surface area contributed by atoms with E-state index >= 15 is 0 Å². The lowest BCUT2D eigenvalue weighted by Gasteiger charge is -2.25. The molecule has 0 radical (unpaired) electrons. The van der Waals surface area contributed by atoms with Gasteiger partial charge in [0.2, 0.25) is 0 Å². The second kappa shape index (κ2) is 7.90. The monoisotopic (exact) mass is 443 g/mol. The fraction of sp³-hybridized carbons (Fsp3) is 0.273. The van der Waals surface area contributed by atoms with Gasteiger partial charge in [0.15, 0.2) is 18.2 Å². The van der Waals surface area contributed by atoms with E-state index in [1.54, 1.807) is 13.2 Å². The molecule has 0 saturated heterocycles. The van der Waals surface area contributed by atoms with Gasteiger partial charge >= 0.3 is 0 Å². The molecule has 4 aromatic rings. The summed E-state index contributed by atoms with van der Waals surface area (Å²) in [4.78, 5) is 28.4. The molecule has 5 rings (SSSR count). The molecule has 0 saturated carbocycles. The number of ether oxygens (including phenoxy) is 1. The number of nitrogens with one attached hydrogen (secondary N) is 3. The van der Waals surface area contributed by atoms with Gasteiger partial charge in [0.1, 0.15) is 29.6 Å². The Labute approximate surface area is 188 Å². The summed E-state index contributed by atoms with van der Waals surface area (Å²) in [5.41, 5.74) is 3.25. The molecule has 1 amide bonds. The van der Waals surface area contributed by atoms with Crippen molar-refractivity contribution in [2.45, 2.75) is 19.9 Å². The molecule has 5 heterocycles. The van der Waals surface area contributed by atoms with Crippen LogP contribution in [-0.4, -0.2) is 42.2 Å². The Kier molecular flexibility index (Phi) is 4.90. The van der Waals surface area contributed by atoms with E-state index in [0.717, 1.165) is 16.8 Å². The molecule has 1 atom stereocenters. The molecule has 0 unspecified atom stereocenters.